The van der Waals surface area contributed by atoms with Crippen LogP contribution < -0.4 is 18.9 Å². The summed E-state index contributed by atoms with van der Waals surface area (Å²) < 4.78 is 57.6. The average Bonchev–Trinajstić information content (AvgIpc) is 3.36. The van der Waals surface area contributed by atoms with Crippen molar-refractivity contribution in [3.8, 4) is 0 Å². The van der Waals surface area contributed by atoms with Crippen LogP contribution in [0, 0.1) is 11.8 Å². The first-order chi connectivity index (χ1) is 16.1. The highest BCUT2D eigenvalue weighted by molar-refractivity contribution is 7.94. The van der Waals surface area contributed by atoms with Crippen LogP contribution in [-0.4, -0.2) is 46.7 Å². The van der Waals surface area contributed by atoms with E-state index in [1.54, 1.807) is 24.3 Å². The van der Waals surface area contributed by atoms with E-state index in [0.29, 0.717) is 35.6 Å². The molecule has 2 saturated heterocycles. The molecular weight excluding hydrogens is 478 g/mol. The van der Waals surface area contributed by atoms with Crippen molar-refractivity contribution in [2.45, 2.75) is 37.8 Å². The van der Waals surface area contributed by atoms with Gasteiger partial charge in [0.25, 0.3) is 0 Å². The minimum atomic E-state index is -3.62. The van der Waals surface area contributed by atoms with Gasteiger partial charge in [-0.2, -0.15) is 16.8 Å². The van der Waals surface area contributed by atoms with E-state index in [1.807, 2.05) is 12.1 Å². The maximum Gasteiger partial charge on any atom is 0.321 e. The van der Waals surface area contributed by atoms with Crippen LogP contribution in [0.5, 0.6) is 0 Å². The Hall–Kier alpha value is -2.83. The van der Waals surface area contributed by atoms with Crippen molar-refractivity contribution in [2.75, 3.05) is 25.9 Å². The lowest BCUT2D eigenvalue weighted by Crippen LogP contribution is -2.54. The molecule has 4 unspecified atom stereocenters. The summed E-state index contributed by atoms with van der Waals surface area (Å²) in [7, 11) is -5.12. The van der Waals surface area contributed by atoms with E-state index in [0.717, 1.165) is 24.0 Å². The topological polar surface area (TPSA) is 137 Å². The Morgan fingerprint density at radius 1 is 0.824 bits per heavy atom. The number of nitrogens with one attached hydrogen (secondary N) is 4. The minimum Gasteiger partial charge on any atom is -0.299 e. The van der Waals surface area contributed by atoms with Crippen molar-refractivity contribution >= 4 is 49.0 Å². The summed E-state index contributed by atoms with van der Waals surface area (Å²) in [5.74, 6) is -0.277. The lowest BCUT2D eigenvalue weighted by Gasteiger charge is -2.42. The monoisotopic (exact) mass is 503 g/mol. The fourth-order valence-electron chi connectivity index (χ4n) is 6.07. The number of anilines is 4. The molecule has 12 heteroatoms. The summed E-state index contributed by atoms with van der Waals surface area (Å²) in [6.07, 6.45) is 2.82. The Balaban J connectivity index is 1.28. The summed E-state index contributed by atoms with van der Waals surface area (Å²) in [5.41, 5.74) is 3.73. The van der Waals surface area contributed by atoms with Gasteiger partial charge in [-0.05, 0) is 62.1 Å². The molecular formula is C22H25N5O5S2. The lowest BCUT2D eigenvalue weighted by molar-refractivity contribution is -0.134. The molecule has 4 atom stereocenters. The molecule has 0 aromatic heterocycles. The van der Waals surface area contributed by atoms with Gasteiger partial charge >= 0.3 is 20.4 Å². The zero-order chi connectivity index (χ0) is 23.8. The third-order valence-corrected chi connectivity index (χ3v) is 9.50. The minimum absolute atomic E-state index is 0.117. The number of carbonyl (C=O) groups excluding carboxylic acids is 1. The van der Waals surface area contributed by atoms with Crippen LogP contribution >= 0.6 is 0 Å². The molecule has 0 spiro atoms. The number of nitrogens with zero attached hydrogens (tertiary/aromatic N) is 1. The number of ketones is 1. The first kappa shape index (κ1) is 21.7. The van der Waals surface area contributed by atoms with Crippen molar-refractivity contribution in [3.63, 3.8) is 0 Å². The second-order valence-electron chi connectivity index (χ2n) is 9.54. The van der Waals surface area contributed by atoms with Gasteiger partial charge in [-0.25, -0.2) is 0 Å². The second-order valence-corrected chi connectivity index (χ2v) is 12.4. The third kappa shape index (κ3) is 3.51. The standard InChI is InChI=1S/C22H25N5O5S2/c1-27-19-7-8-20(27)15(11-13-3-2-4-17-21(13)26-34(31,32)24-17)22(28)14(19)9-12-5-6-16-18(10-12)25-33(29,30)23-16/h2-6,10,14-15,19-20,23-26H,7-9,11H2,1H3. The maximum absolute atomic E-state index is 13.8. The first-order valence-corrected chi connectivity index (χ1v) is 14.2. The molecule has 0 saturated carbocycles. The van der Waals surface area contributed by atoms with Crippen LogP contribution in [0.25, 0.3) is 0 Å². The molecule has 180 valence electrons. The predicted molar refractivity (Wildman–Crippen MR) is 129 cm³/mol. The summed E-state index contributed by atoms with van der Waals surface area (Å²) >= 11 is 0. The van der Waals surface area contributed by atoms with Crippen LogP contribution in [0.1, 0.15) is 24.0 Å². The number of hydrogen-bond acceptors (Lipinski definition) is 6. The van der Waals surface area contributed by atoms with Crippen LogP contribution in [0.2, 0.25) is 0 Å². The summed E-state index contributed by atoms with van der Waals surface area (Å²) in [4.78, 5) is 16.1. The van der Waals surface area contributed by atoms with Crippen LogP contribution in [0.4, 0.5) is 22.7 Å². The van der Waals surface area contributed by atoms with Crippen LogP contribution in [0.15, 0.2) is 36.4 Å². The molecule has 0 aliphatic carbocycles. The number of carbonyl (C=O) groups is 1. The Bertz CT molecular complexity index is 1430. The number of benzene rings is 2. The molecule has 2 aromatic carbocycles. The lowest BCUT2D eigenvalue weighted by atomic mass is 9.76. The highest BCUT2D eigenvalue weighted by Gasteiger charge is 2.50. The van der Waals surface area contributed by atoms with Crippen LogP contribution in [-0.2, 0) is 38.1 Å². The van der Waals surface area contributed by atoms with Gasteiger partial charge in [0.2, 0.25) is 0 Å². The summed E-state index contributed by atoms with van der Waals surface area (Å²) in [6, 6.07) is 11.0. The highest BCUT2D eigenvalue weighted by atomic mass is 32.2. The van der Waals surface area contributed by atoms with Crippen molar-refractivity contribution in [2.24, 2.45) is 11.8 Å². The van der Waals surface area contributed by atoms with Crippen molar-refractivity contribution < 1.29 is 21.6 Å². The Morgan fingerprint density at radius 3 is 2.24 bits per heavy atom. The number of fused-ring (bicyclic) bond motifs is 4. The van der Waals surface area contributed by atoms with Gasteiger partial charge in [-0.1, -0.05) is 18.2 Å². The van der Waals surface area contributed by atoms with Gasteiger partial charge in [0.1, 0.15) is 5.78 Å². The third-order valence-electron chi connectivity index (χ3n) is 7.56. The summed E-state index contributed by atoms with van der Waals surface area (Å²) in [5, 5.41) is 0. The van der Waals surface area contributed by atoms with E-state index < -0.39 is 20.4 Å². The van der Waals surface area contributed by atoms with E-state index in [1.165, 1.54) is 0 Å². The SMILES string of the molecule is CN1C2CCC1C(Cc1cccc3c1NS(=O)(=O)N3)C(=O)C2Cc1ccc2c(c1)NS(=O)(=O)N2. The van der Waals surface area contributed by atoms with Crippen molar-refractivity contribution in [1.29, 1.82) is 0 Å². The van der Waals surface area contributed by atoms with E-state index in [9.17, 15) is 21.6 Å². The second kappa shape index (κ2) is 7.33. The molecule has 0 amide bonds. The average molecular weight is 504 g/mol. The Labute approximate surface area is 198 Å². The number of rotatable bonds is 4. The molecule has 4 aliphatic rings. The smallest absolute Gasteiger partial charge is 0.299 e. The maximum atomic E-state index is 13.8. The normalized spacial score (nSPS) is 30.0. The van der Waals surface area contributed by atoms with E-state index >= 15 is 0 Å². The van der Waals surface area contributed by atoms with Gasteiger partial charge < -0.3 is 0 Å². The zero-order valence-electron chi connectivity index (χ0n) is 18.4. The number of hydrogen-bond donors (Lipinski definition) is 4. The Morgan fingerprint density at radius 2 is 1.47 bits per heavy atom. The molecule has 0 radical (unpaired) electrons. The molecule has 2 fully saturated rings. The zero-order valence-corrected chi connectivity index (χ0v) is 20.0. The number of para-hydroxylation sites is 1. The highest BCUT2D eigenvalue weighted by Crippen LogP contribution is 2.44. The number of Topliss-reactive ketones (excluding diaryl/α,β-unsaturated/α-hetero) is 1. The number of piperidine rings is 1. The first-order valence-electron chi connectivity index (χ1n) is 11.2. The predicted octanol–water partition coefficient (Wildman–Crippen LogP) is 1.91. The molecule has 34 heavy (non-hydrogen) atoms. The van der Waals surface area contributed by atoms with Gasteiger partial charge in [0.05, 0.1) is 22.7 Å². The molecule has 4 aliphatic heterocycles. The van der Waals surface area contributed by atoms with Gasteiger partial charge in [0, 0.05) is 23.9 Å². The van der Waals surface area contributed by atoms with Gasteiger partial charge in [0.15, 0.2) is 0 Å². The summed E-state index contributed by atoms with van der Waals surface area (Å²) in [6.45, 7) is 0. The quantitative estimate of drug-likeness (QED) is 0.503. The van der Waals surface area contributed by atoms with Crippen molar-refractivity contribution in [1.82, 2.24) is 4.90 Å². The Kier molecular flexibility index (Phi) is 4.68. The largest absolute Gasteiger partial charge is 0.321 e. The van der Waals surface area contributed by atoms with E-state index in [-0.39, 0.29) is 29.7 Å². The molecule has 10 nitrogen and oxygen atoms in total. The fourth-order valence-corrected chi connectivity index (χ4v) is 8.07. The molecule has 6 rings (SSSR count). The molecule has 4 N–H and O–H groups in total. The van der Waals surface area contributed by atoms with E-state index in [4.69, 9.17) is 0 Å². The molecule has 2 bridgehead atoms. The molecule has 2 aromatic rings. The van der Waals surface area contributed by atoms with E-state index in [2.05, 4.69) is 30.8 Å². The van der Waals surface area contributed by atoms with Crippen LogP contribution in [0.3, 0.4) is 0 Å². The van der Waals surface area contributed by atoms with Gasteiger partial charge in [-0.3, -0.25) is 28.6 Å². The van der Waals surface area contributed by atoms with Crippen molar-refractivity contribution in [3.05, 3.63) is 47.5 Å². The fraction of sp³-hybridized carbons (Fsp3) is 0.409. The van der Waals surface area contributed by atoms with Gasteiger partial charge in [-0.15, -0.1) is 0 Å². The molecule has 4 heterocycles.